The molecule has 0 aromatic heterocycles. The highest BCUT2D eigenvalue weighted by atomic mass is 35.5. The number of carbonyl (C=O) groups excluding carboxylic acids is 1. The molecule has 0 radical (unpaired) electrons. The number of hydrogen-bond donors (Lipinski definition) is 0. The minimum Gasteiger partial charge on any atom is -0.461 e. The van der Waals surface area contributed by atoms with Gasteiger partial charge in [-0.2, -0.15) is 0 Å². The summed E-state index contributed by atoms with van der Waals surface area (Å²) in [6.45, 7) is 1.10. The molecule has 0 N–H and O–H groups in total. The number of rotatable bonds is 5. The van der Waals surface area contributed by atoms with Crippen LogP contribution in [0.1, 0.15) is 5.56 Å². The van der Waals surface area contributed by atoms with Crippen molar-refractivity contribution in [3.05, 3.63) is 40.9 Å². The lowest BCUT2D eigenvalue weighted by molar-refractivity contribution is -0.137. The van der Waals surface area contributed by atoms with Crippen molar-refractivity contribution >= 4 is 23.6 Å². The fraction of sp³-hybridized carbons (Fsp3) is 0.308. The van der Waals surface area contributed by atoms with E-state index in [9.17, 15) is 4.79 Å². The van der Waals surface area contributed by atoms with Crippen molar-refractivity contribution in [3.63, 3.8) is 0 Å². The van der Waals surface area contributed by atoms with Gasteiger partial charge in [0.25, 0.3) is 0 Å². The molecule has 1 rings (SSSR count). The molecule has 0 heterocycles. The zero-order valence-corrected chi connectivity index (χ0v) is 10.8. The van der Waals surface area contributed by atoms with Crippen molar-refractivity contribution < 1.29 is 9.53 Å². The number of likely N-dealkylation sites (N-methyl/N-ethyl adjacent to an activating group) is 1. The highest BCUT2D eigenvalue weighted by molar-refractivity contribution is 6.32. The van der Waals surface area contributed by atoms with Crippen molar-refractivity contribution in [2.75, 3.05) is 27.2 Å². The van der Waals surface area contributed by atoms with Crippen LogP contribution in [0.25, 0.3) is 6.08 Å². The van der Waals surface area contributed by atoms with E-state index in [1.165, 1.54) is 6.08 Å². The molecule has 1 aromatic carbocycles. The predicted octanol–water partition coefficient (Wildman–Crippen LogP) is 2.46. The van der Waals surface area contributed by atoms with Gasteiger partial charge in [0.05, 0.1) is 0 Å². The summed E-state index contributed by atoms with van der Waals surface area (Å²) in [4.78, 5) is 13.3. The van der Waals surface area contributed by atoms with Crippen molar-refractivity contribution in [2.45, 2.75) is 0 Å². The maximum atomic E-state index is 11.3. The first-order chi connectivity index (χ1) is 8.09. The van der Waals surface area contributed by atoms with Crippen LogP contribution in [0.5, 0.6) is 0 Å². The lowest BCUT2D eigenvalue weighted by Crippen LogP contribution is -2.19. The summed E-state index contributed by atoms with van der Waals surface area (Å²) in [6, 6.07) is 7.32. The molecule has 0 fully saturated rings. The summed E-state index contributed by atoms with van der Waals surface area (Å²) in [6.07, 6.45) is 3.04. The molecule has 0 aliphatic heterocycles. The minimum atomic E-state index is -0.355. The molecule has 0 spiro atoms. The lowest BCUT2D eigenvalue weighted by Gasteiger charge is -2.08. The Kier molecular flexibility index (Phi) is 5.73. The van der Waals surface area contributed by atoms with E-state index >= 15 is 0 Å². The molecule has 0 saturated heterocycles. The first-order valence-electron chi connectivity index (χ1n) is 5.33. The van der Waals surface area contributed by atoms with Crippen molar-refractivity contribution in [1.82, 2.24) is 4.90 Å². The fourth-order valence-corrected chi connectivity index (χ4v) is 1.34. The Labute approximate surface area is 107 Å². The minimum absolute atomic E-state index is 0.355. The number of hydrogen-bond acceptors (Lipinski definition) is 3. The Morgan fingerprint density at radius 2 is 2.12 bits per heavy atom. The maximum Gasteiger partial charge on any atom is 0.330 e. The highest BCUT2D eigenvalue weighted by Crippen LogP contribution is 2.16. The third-order valence-electron chi connectivity index (χ3n) is 2.09. The number of ether oxygens (including phenoxy) is 1. The largest absolute Gasteiger partial charge is 0.461 e. The molecule has 17 heavy (non-hydrogen) atoms. The molecule has 1 aromatic rings. The molecule has 92 valence electrons. The number of benzene rings is 1. The van der Waals surface area contributed by atoms with Crippen LogP contribution in [0.2, 0.25) is 5.02 Å². The van der Waals surface area contributed by atoms with Crippen LogP contribution >= 0.6 is 11.6 Å². The Morgan fingerprint density at radius 1 is 1.41 bits per heavy atom. The van der Waals surface area contributed by atoms with E-state index < -0.39 is 0 Å². The summed E-state index contributed by atoms with van der Waals surface area (Å²) in [5.41, 5.74) is 0.804. The summed E-state index contributed by atoms with van der Waals surface area (Å²) < 4.78 is 5.00. The maximum absolute atomic E-state index is 11.3. The number of halogens is 1. The number of nitrogens with zero attached hydrogens (tertiary/aromatic N) is 1. The Hall–Kier alpha value is -1.32. The van der Waals surface area contributed by atoms with Crippen molar-refractivity contribution in [2.24, 2.45) is 0 Å². The Morgan fingerprint density at radius 3 is 2.76 bits per heavy atom. The topological polar surface area (TPSA) is 29.5 Å². The summed E-state index contributed by atoms with van der Waals surface area (Å²) >= 11 is 5.94. The summed E-state index contributed by atoms with van der Waals surface area (Å²) in [7, 11) is 3.85. The zero-order chi connectivity index (χ0) is 12.7. The van der Waals surface area contributed by atoms with Gasteiger partial charge < -0.3 is 9.64 Å². The molecule has 0 saturated carbocycles. The van der Waals surface area contributed by atoms with Gasteiger partial charge in [0.1, 0.15) is 6.61 Å². The van der Waals surface area contributed by atoms with Gasteiger partial charge >= 0.3 is 5.97 Å². The van der Waals surface area contributed by atoms with Crippen molar-refractivity contribution in [3.8, 4) is 0 Å². The molecule has 0 aliphatic rings. The number of esters is 1. The van der Waals surface area contributed by atoms with Crippen LogP contribution in [0.4, 0.5) is 0 Å². The van der Waals surface area contributed by atoms with E-state index in [1.807, 2.05) is 37.2 Å². The normalized spacial score (nSPS) is 11.1. The van der Waals surface area contributed by atoms with Crippen molar-refractivity contribution in [1.29, 1.82) is 0 Å². The number of carbonyl (C=O) groups is 1. The Balaban J connectivity index is 2.43. The van der Waals surface area contributed by atoms with Crippen LogP contribution in [0.3, 0.4) is 0 Å². The molecule has 0 amide bonds. The first kappa shape index (κ1) is 13.7. The second kappa shape index (κ2) is 7.09. The second-order valence-electron chi connectivity index (χ2n) is 3.83. The van der Waals surface area contributed by atoms with Crippen LogP contribution < -0.4 is 0 Å². The SMILES string of the molecule is CN(C)CCOC(=O)/C=C\c1ccccc1Cl. The fourth-order valence-electron chi connectivity index (χ4n) is 1.15. The van der Waals surface area contributed by atoms with Crippen LogP contribution in [0.15, 0.2) is 30.3 Å². The van der Waals surface area contributed by atoms with E-state index in [1.54, 1.807) is 12.1 Å². The van der Waals surface area contributed by atoms with Gasteiger partial charge in [-0.1, -0.05) is 29.8 Å². The molecule has 0 aliphatic carbocycles. The van der Waals surface area contributed by atoms with E-state index in [2.05, 4.69) is 0 Å². The zero-order valence-electron chi connectivity index (χ0n) is 10.0. The van der Waals surface area contributed by atoms with E-state index in [4.69, 9.17) is 16.3 Å². The van der Waals surface area contributed by atoms with Gasteiger partial charge in [-0.3, -0.25) is 0 Å². The quantitative estimate of drug-likeness (QED) is 0.596. The van der Waals surface area contributed by atoms with Gasteiger partial charge in [0, 0.05) is 17.6 Å². The van der Waals surface area contributed by atoms with Crippen LogP contribution in [0, 0.1) is 0 Å². The summed E-state index contributed by atoms with van der Waals surface area (Å²) in [5.74, 6) is -0.355. The molecular formula is C13H16ClNO2. The highest BCUT2D eigenvalue weighted by Gasteiger charge is 1.99. The monoisotopic (exact) mass is 253 g/mol. The average Bonchev–Trinajstić information content (AvgIpc) is 2.27. The first-order valence-corrected chi connectivity index (χ1v) is 5.71. The lowest BCUT2D eigenvalue weighted by atomic mass is 10.2. The molecular weight excluding hydrogens is 238 g/mol. The molecule has 0 bridgehead atoms. The third-order valence-corrected chi connectivity index (χ3v) is 2.43. The van der Waals surface area contributed by atoms with Gasteiger partial charge in [-0.15, -0.1) is 0 Å². The van der Waals surface area contributed by atoms with Gasteiger partial charge in [-0.05, 0) is 31.8 Å². The van der Waals surface area contributed by atoms with Crippen LogP contribution in [-0.2, 0) is 9.53 Å². The van der Waals surface area contributed by atoms with E-state index in [0.717, 1.165) is 5.56 Å². The van der Waals surface area contributed by atoms with Gasteiger partial charge in [0.15, 0.2) is 0 Å². The second-order valence-corrected chi connectivity index (χ2v) is 4.23. The summed E-state index contributed by atoms with van der Waals surface area (Å²) in [5, 5.41) is 0.616. The standard InChI is InChI=1S/C13H16ClNO2/c1-15(2)9-10-17-13(16)8-7-11-5-3-4-6-12(11)14/h3-8H,9-10H2,1-2H3/b8-7-. The van der Waals surface area contributed by atoms with E-state index in [-0.39, 0.29) is 5.97 Å². The van der Waals surface area contributed by atoms with Crippen LogP contribution in [-0.4, -0.2) is 38.1 Å². The molecule has 4 heteroatoms. The smallest absolute Gasteiger partial charge is 0.330 e. The third kappa shape index (κ3) is 5.52. The Bertz CT molecular complexity index is 402. The average molecular weight is 254 g/mol. The van der Waals surface area contributed by atoms with E-state index in [0.29, 0.717) is 18.2 Å². The molecule has 3 nitrogen and oxygen atoms in total. The molecule has 0 atom stereocenters. The predicted molar refractivity (Wildman–Crippen MR) is 70.0 cm³/mol. The van der Waals surface area contributed by atoms with Gasteiger partial charge in [-0.25, -0.2) is 4.79 Å². The van der Waals surface area contributed by atoms with Gasteiger partial charge in [0.2, 0.25) is 0 Å². The molecule has 0 unspecified atom stereocenters.